The van der Waals surface area contributed by atoms with Gasteiger partial charge in [-0.2, -0.15) is 10.4 Å². The molecule has 1 aromatic rings. The third-order valence-corrected chi connectivity index (χ3v) is 4.46. The van der Waals surface area contributed by atoms with Gasteiger partial charge in [-0.05, 0) is 57.9 Å². The molecule has 1 rings (SSSR count). The monoisotopic (exact) mass is 294 g/mol. The van der Waals surface area contributed by atoms with E-state index in [0.29, 0.717) is 0 Å². The van der Waals surface area contributed by atoms with E-state index in [1.165, 1.54) is 5.03 Å². The largest absolute Gasteiger partial charge is 0.300 e. The number of aromatic nitrogens is 2. The van der Waals surface area contributed by atoms with Crippen LogP contribution in [0, 0.1) is 18.3 Å². The van der Waals surface area contributed by atoms with Gasteiger partial charge in [0, 0.05) is 7.05 Å². The van der Waals surface area contributed by atoms with Crippen LogP contribution < -0.4 is 5.32 Å². The maximum atomic E-state index is 9.26. The van der Waals surface area contributed by atoms with Crippen molar-refractivity contribution >= 4 is 11.8 Å². The van der Waals surface area contributed by atoms with Crippen molar-refractivity contribution in [1.82, 2.24) is 15.1 Å². The first-order chi connectivity index (χ1) is 9.50. The first-order valence-corrected chi connectivity index (χ1v) is 8.29. The Morgan fingerprint density at radius 2 is 2.25 bits per heavy atom. The highest BCUT2D eigenvalue weighted by molar-refractivity contribution is 7.99. The second kappa shape index (κ2) is 8.33. The molecular weight excluding hydrogens is 268 g/mol. The molecule has 20 heavy (non-hydrogen) atoms. The average molecular weight is 294 g/mol. The number of rotatable bonds is 9. The standard InChI is InChI=1S/C15H26N4S/c1-5-9-17-15(3,12-16)8-6-7-10-20-14-11-13(2)18-19(14)4/h11,17H,5-10H2,1-4H3. The normalized spacial score (nSPS) is 13.9. The Bertz CT molecular complexity index is 449. The molecule has 1 N–H and O–H groups in total. The smallest absolute Gasteiger partial charge is 0.103 e. The van der Waals surface area contributed by atoms with Crippen LogP contribution in [0.25, 0.3) is 0 Å². The summed E-state index contributed by atoms with van der Waals surface area (Å²) < 4.78 is 1.93. The number of nitrogens with one attached hydrogen (secondary N) is 1. The minimum atomic E-state index is -0.371. The number of thioether (sulfide) groups is 1. The summed E-state index contributed by atoms with van der Waals surface area (Å²) in [6.45, 7) is 7.05. The second-order valence-electron chi connectivity index (χ2n) is 5.42. The first-order valence-electron chi connectivity index (χ1n) is 7.30. The molecule has 0 saturated carbocycles. The van der Waals surface area contributed by atoms with Crippen molar-refractivity contribution in [3.05, 3.63) is 11.8 Å². The molecule has 112 valence electrons. The van der Waals surface area contributed by atoms with Crippen LogP contribution in [-0.2, 0) is 7.05 Å². The van der Waals surface area contributed by atoms with Gasteiger partial charge in [0.2, 0.25) is 0 Å². The lowest BCUT2D eigenvalue weighted by Crippen LogP contribution is -2.41. The Labute approximate surface area is 126 Å². The van der Waals surface area contributed by atoms with Crippen LogP contribution in [0.15, 0.2) is 11.1 Å². The molecule has 4 nitrogen and oxygen atoms in total. The molecule has 0 fully saturated rings. The van der Waals surface area contributed by atoms with Gasteiger partial charge in [-0.3, -0.25) is 10.00 Å². The Morgan fingerprint density at radius 1 is 1.50 bits per heavy atom. The number of hydrogen-bond donors (Lipinski definition) is 1. The van der Waals surface area contributed by atoms with E-state index in [-0.39, 0.29) is 5.54 Å². The lowest BCUT2D eigenvalue weighted by Gasteiger charge is -2.22. The van der Waals surface area contributed by atoms with E-state index in [1.807, 2.05) is 37.3 Å². The van der Waals surface area contributed by atoms with Crippen LogP contribution in [0.1, 0.15) is 45.2 Å². The van der Waals surface area contributed by atoms with Crippen LogP contribution in [0.2, 0.25) is 0 Å². The fourth-order valence-corrected chi connectivity index (χ4v) is 3.10. The van der Waals surface area contributed by atoms with Gasteiger partial charge in [0.05, 0.1) is 16.8 Å². The summed E-state index contributed by atoms with van der Waals surface area (Å²) >= 11 is 1.84. The first kappa shape index (κ1) is 17.1. The van der Waals surface area contributed by atoms with Gasteiger partial charge in [-0.25, -0.2) is 0 Å². The Kier molecular flexibility index (Phi) is 7.11. The van der Waals surface area contributed by atoms with Crippen LogP contribution in [0.5, 0.6) is 0 Å². The van der Waals surface area contributed by atoms with Gasteiger partial charge >= 0.3 is 0 Å². The summed E-state index contributed by atoms with van der Waals surface area (Å²) in [5.41, 5.74) is 0.694. The van der Waals surface area contributed by atoms with Crippen molar-refractivity contribution in [2.24, 2.45) is 7.05 Å². The summed E-state index contributed by atoms with van der Waals surface area (Å²) in [7, 11) is 1.98. The van der Waals surface area contributed by atoms with Crippen LogP contribution in [0.3, 0.4) is 0 Å². The lowest BCUT2D eigenvalue weighted by molar-refractivity contribution is 0.406. The zero-order valence-corrected chi connectivity index (χ0v) is 13.9. The molecule has 0 aliphatic rings. The van der Waals surface area contributed by atoms with E-state index in [9.17, 15) is 5.26 Å². The molecule has 5 heteroatoms. The predicted molar refractivity (Wildman–Crippen MR) is 84.8 cm³/mol. The fraction of sp³-hybridized carbons (Fsp3) is 0.733. The van der Waals surface area contributed by atoms with Crippen molar-refractivity contribution in [3.8, 4) is 6.07 Å². The van der Waals surface area contributed by atoms with Gasteiger partial charge in [0.25, 0.3) is 0 Å². The summed E-state index contributed by atoms with van der Waals surface area (Å²) in [6.07, 6.45) is 4.17. The van der Waals surface area contributed by atoms with Crippen LogP contribution in [-0.4, -0.2) is 27.6 Å². The van der Waals surface area contributed by atoms with E-state index in [4.69, 9.17) is 0 Å². The molecule has 0 spiro atoms. The number of aryl methyl sites for hydroxylation is 2. The molecule has 0 amide bonds. The van der Waals surface area contributed by atoms with Gasteiger partial charge in [0.1, 0.15) is 5.54 Å². The molecule has 1 unspecified atom stereocenters. The minimum Gasteiger partial charge on any atom is -0.300 e. The summed E-state index contributed by atoms with van der Waals surface area (Å²) in [5.74, 6) is 1.08. The highest BCUT2D eigenvalue weighted by atomic mass is 32.2. The quantitative estimate of drug-likeness (QED) is 0.561. The predicted octanol–water partition coefficient (Wildman–Crippen LogP) is 3.27. The Morgan fingerprint density at radius 3 is 2.80 bits per heavy atom. The molecule has 1 aromatic heterocycles. The van der Waals surface area contributed by atoms with E-state index >= 15 is 0 Å². The summed E-state index contributed by atoms with van der Waals surface area (Å²) in [6, 6.07) is 4.52. The van der Waals surface area contributed by atoms with E-state index < -0.39 is 0 Å². The van der Waals surface area contributed by atoms with Gasteiger partial charge in [-0.1, -0.05) is 6.92 Å². The number of unbranched alkanes of at least 4 members (excludes halogenated alkanes) is 1. The van der Waals surface area contributed by atoms with Gasteiger partial charge in [0.15, 0.2) is 0 Å². The maximum absolute atomic E-state index is 9.26. The molecule has 0 radical (unpaired) electrons. The minimum absolute atomic E-state index is 0.371. The molecule has 0 aromatic carbocycles. The SMILES string of the molecule is CCCNC(C)(C#N)CCCCSc1cc(C)nn1C. The summed E-state index contributed by atoms with van der Waals surface area (Å²) in [4.78, 5) is 0. The second-order valence-corrected chi connectivity index (χ2v) is 6.54. The molecule has 0 aliphatic heterocycles. The fourth-order valence-electron chi connectivity index (χ4n) is 2.06. The third-order valence-electron chi connectivity index (χ3n) is 3.29. The van der Waals surface area contributed by atoms with Crippen molar-refractivity contribution in [2.75, 3.05) is 12.3 Å². The number of hydrogen-bond acceptors (Lipinski definition) is 4. The highest BCUT2D eigenvalue weighted by Gasteiger charge is 2.21. The Balaban J connectivity index is 2.24. The maximum Gasteiger partial charge on any atom is 0.103 e. The van der Waals surface area contributed by atoms with Crippen molar-refractivity contribution in [3.63, 3.8) is 0 Å². The third kappa shape index (κ3) is 5.56. The Hall–Kier alpha value is -0.990. The zero-order chi connectivity index (χ0) is 15.0. The van der Waals surface area contributed by atoms with E-state index in [1.54, 1.807) is 0 Å². The number of nitriles is 1. The molecule has 1 atom stereocenters. The molecule has 0 aliphatic carbocycles. The van der Waals surface area contributed by atoms with Crippen LogP contribution in [0.4, 0.5) is 0 Å². The van der Waals surface area contributed by atoms with Gasteiger partial charge in [-0.15, -0.1) is 11.8 Å². The van der Waals surface area contributed by atoms with Crippen LogP contribution >= 0.6 is 11.8 Å². The molecule has 0 saturated heterocycles. The summed E-state index contributed by atoms with van der Waals surface area (Å²) in [5, 5.41) is 18.1. The van der Waals surface area contributed by atoms with E-state index in [0.717, 1.165) is 43.7 Å². The van der Waals surface area contributed by atoms with Crippen molar-refractivity contribution in [2.45, 2.75) is 57.0 Å². The van der Waals surface area contributed by atoms with E-state index in [2.05, 4.69) is 29.5 Å². The lowest BCUT2D eigenvalue weighted by atomic mass is 9.96. The average Bonchev–Trinajstić information content (AvgIpc) is 2.74. The highest BCUT2D eigenvalue weighted by Crippen LogP contribution is 2.21. The topological polar surface area (TPSA) is 53.6 Å². The zero-order valence-electron chi connectivity index (χ0n) is 13.1. The number of nitrogens with zero attached hydrogens (tertiary/aromatic N) is 3. The van der Waals surface area contributed by atoms with Crippen molar-refractivity contribution in [1.29, 1.82) is 5.26 Å². The van der Waals surface area contributed by atoms with Crippen molar-refractivity contribution < 1.29 is 0 Å². The molecular formula is C15H26N4S. The molecule has 1 heterocycles. The molecule has 0 bridgehead atoms. The van der Waals surface area contributed by atoms with Gasteiger partial charge < -0.3 is 0 Å².